The van der Waals surface area contributed by atoms with Crippen molar-refractivity contribution in [1.82, 2.24) is 0 Å². The smallest absolute Gasteiger partial charge is 0.395 e. The molecule has 0 saturated heterocycles. The molecule has 90 valence electrons. The fraction of sp³-hybridized carbons (Fsp3) is 0.333. The fourth-order valence-electron chi connectivity index (χ4n) is 0.931. The third-order valence-corrected chi connectivity index (χ3v) is 1.79. The van der Waals surface area contributed by atoms with Gasteiger partial charge in [0, 0.05) is 7.11 Å². The Morgan fingerprint density at radius 1 is 1.06 bits per heavy atom. The van der Waals surface area contributed by atoms with Crippen LogP contribution in [0.3, 0.4) is 0 Å². The van der Waals surface area contributed by atoms with E-state index in [-0.39, 0.29) is 0 Å². The van der Waals surface area contributed by atoms with Gasteiger partial charge in [-0.2, -0.15) is 13.2 Å². The van der Waals surface area contributed by atoms with Crippen LogP contribution < -0.4 is 0 Å². The maximum absolute atomic E-state index is 12.1. The summed E-state index contributed by atoms with van der Waals surface area (Å²) >= 11 is 0. The van der Waals surface area contributed by atoms with Gasteiger partial charge in [-0.25, -0.2) is 0 Å². The summed E-state index contributed by atoms with van der Waals surface area (Å²) in [5, 5.41) is 7.00. The van der Waals surface area contributed by atoms with Crippen LogP contribution in [-0.4, -0.2) is 18.4 Å². The largest absolute Gasteiger partial charge is 0.400 e. The second-order valence-corrected chi connectivity index (χ2v) is 2.67. The third-order valence-electron chi connectivity index (χ3n) is 1.79. The molecule has 0 aliphatic carbocycles. The van der Waals surface area contributed by atoms with E-state index in [1.165, 1.54) is 12.1 Å². The van der Waals surface area contributed by atoms with E-state index in [9.17, 15) is 13.2 Å². The molecule has 1 N–H and O–H groups in total. The van der Waals surface area contributed by atoms with Gasteiger partial charge in [0.05, 0.1) is 5.92 Å². The molecule has 1 nitrogen and oxygen atoms in total. The molecule has 1 rings (SSSR count). The molecular formula is C12H15F3O. The third kappa shape index (κ3) is 6.10. The number of aliphatic hydroxyl groups is 1. The number of rotatable bonds is 1. The lowest BCUT2D eigenvalue weighted by atomic mass is 10.0. The zero-order valence-corrected chi connectivity index (χ0v) is 9.20. The molecule has 0 unspecified atom stereocenters. The van der Waals surface area contributed by atoms with Gasteiger partial charge in [-0.05, 0) is 12.5 Å². The first-order chi connectivity index (χ1) is 7.52. The molecule has 0 aliphatic rings. The van der Waals surface area contributed by atoms with E-state index >= 15 is 0 Å². The Kier molecular flexibility index (Phi) is 9.33. The highest BCUT2D eigenvalue weighted by Gasteiger charge is 2.36. The van der Waals surface area contributed by atoms with Crippen molar-refractivity contribution in [2.45, 2.75) is 19.0 Å². The lowest BCUT2D eigenvalue weighted by Crippen LogP contribution is -2.17. The SMILES string of the molecule is C#C.CO.C[C@@H](c1ccccc1)C(F)(F)F. The lowest BCUT2D eigenvalue weighted by molar-refractivity contribution is -0.146. The predicted octanol–water partition coefficient (Wildman–Crippen LogP) is 3.21. The average molecular weight is 232 g/mol. The number of terminal acetylenes is 1. The molecular weight excluding hydrogens is 217 g/mol. The molecule has 0 saturated carbocycles. The average Bonchev–Trinajstić information content (AvgIpc) is 2.33. The van der Waals surface area contributed by atoms with Crippen LogP contribution in [0.15, 0.2) is 30.3 Å². The number of hydrogen-bond donors (Lipinski definition) is 1. The van der Waals surface area contributed by atoms with Crippen LogP contribution in [-0.2, 0) is 0 Å². The van der Waals surface area contributed by atoms with Crippen molar-refractivity contribution in [2.24, 2.45) is 0 Å². The zero-order chi connectivity index (χ0) is 13.2. The minimum Gasteiger partial charge on any atom is -0.400 e. The number of benzene rings is 1. The van der Waals surface area contributed by atoms with Crippen LogP contribution >= 0.6 is 0 Å². The fourth-order valence-corrected chi connectivity index (χ4v) is 0.931. The quantitative estimate of drug-likeness (QED) is 0.737. The number of aliphatic hydroxyl groups excluding tert-OH is 1. The molecule has 0 radical (unpaired) electrons. The monoisotopic (exact) mass is 232 g/mol. The Morgan fingerprint density at radius 3 is 1.75 bits per heavy atom. The number of halogens is 3. The summed E-state index contributed by atoms with van der Waals surface area (Å²) in [6.45, 7) is 1.16. The Hall–Kier alpha value is -1.47. The second kappa shape index (κ2) is 8.81. The van der Waals surface area contributed by atoms with Gasteiger partial charge in [-0.1, -0.05) is 30.3 Å². The summed E-state index contributed by atoms with van der Waals surface area (Å²) in [6, 6.07) is 7.89. The molecule has 0 aromatic heterocycles. The van der Waals surface area contributed by atoms with Gasteiger partial charge >= 0.3 is 6.18 Å². The van der Waals surface area contributed by atoms with Crippen molar-refractivity contribution in [3.05, 3.63) is 35.9 Å². The Bertz CT molecular complexity index is 277. The highest BCUT2D eigenvalue weighted by atomic mass is 19.4. The summed E-state index contributed by atoms with van der Waals surface area (Å²) in [6.07, 6.45) is 3.86. The lowest BCUT2D eigenvalue weighted by Gasteiger charge is -2.15. The molecule has 1 aromatic carbocycles. The first-order valence-corrected chi connectivity index (χ1v) is 4.41. The van der Waals surface area contributed by atoms with Gasteiger partial charge in [0.15, 0.2) is 0 Å². The van der Waals surface area contributed by atoms with Gasteiger partial charge in [0.2, 0.25) is 0 Å². The Morgan fingerprint density at radius 2 is 1.44 bits per heavy atom. The first kappa shape index (κ1) is 16.9. The van der Waals surface area contributed by atoms with Gasteiger partial charge in [-0.15, -0.1) is 12.8 Å². The molecule has 0 amide bonds. The summed E-state index contributed by atoms with van der Waals surface area (Å²) in [5.41, 5.74) is 0.310. The van der Waals surface area contributed by atoms with Gasteiger partial charge in [-0.3, -0.25) is 0 Å². The van der Waals surface area contributed by atoms with E-state index in [0.29, 0.717) is 5.56 Å². The van der Waals surface area contributed by atoms with Crippen LogP contribution in [0.5, 0.6) is 0 Å². The maximum Gasteiger partial charge on any atom is 0.395 e. The van der Waals surface area contributed by atoms with E-state index < -0.39 is 12.1 Å². The molecule has 0 bridgehead atoms. The predicted molar refractivity (Wildman–Crippen MR) is 58.9 cm³/mol. The Labute approximate surface area is 93.9 Å². The van der Waals surface area contributed by atoms with Crippen molar-refractivity contribution in [3.8, 4) is 12.8 Å². The molecule has 1 atom stereocenters. The van der Waals surface area contributed by atoms with Crippen molar-refractivity contribution < 1.29 is 18.3 Å². The highest BCUT2D eigenvalue weighted by molar-refractivity contribution is 5.19. The normalized spacial score (nSPS) is 11.2. The summed E-state index contributed by atoms with van der Waals surface area (Å²) in [5.74, 6) is -1.38. The van der Waals surface area contributed by atoms with Crippen molar-refractivity contribution in [2.75, 3.05) is 7.11 Å². The molecule has 0 heterocycles. The molecule has 4 heteroatoms. The molecule has 1 aromatic rings. The van der Waals surface area contributed by atoms with Crippen LogP contribution in [0.2, 0.25) is 0 Å². The van der Waals surface area contributed by atoms with Crippen LogP contribution in [0.4, 0.5) is 13.2 Å². The van der Waals surface area contributed by atoms with Crippen molar-refractivity contribution in [1.29, 1.82) is 0 Å². The summed E-state index contributed by atoms with van der Waals surface area (Å²) in [4.78, 5) is 0. The summed E-state index contributed by atoms with van der Waals surface area (Å²) < 4.78 is 36.4. The van der Waals surface area contributed by atoms with Crippen LogP contribution in [0, 0.1) is 12.8 Å². The van der Waals surface area contributed by atoms with Crippen LogP contribution in [0.1, 0.15) is 18.4 Å². The standard InChI is InChI=1S/C9H9F3.C2H2.CH4O/c1-7(9(10,11)12)8-5-3-2-4-6-8;2*1-2/h2-7H,1H3;1-2H;2H,1H3/t7-;;/m0../s1. The van der Waals surface area contributed by atoms with E-state index in [4.69, 9.17) is 5.11 Å². The van der Waals surface area contributed by atoms with Gasteiger partial charge < -0.3 is 5.11 Å². The van der Waals surface area contributed by atoms with Gasteiger partial charge in [0.1, 0.15) is 0 Å². The first-order valence-electron chi connectivity index (χ1n) is 4.41. The maximum atomic E-state index is 12.1. The highest BCUT2D eigenvalue weighted by Crippen LogP contribution is 2.33. The zero-order valence-electron chi connectivity index (χ0n) is 9.20. The topological polar surface area (TPSA) is 20.2 Å². The molecule has 16 heavy (non-hydrogen) atoms. The molecule has 0 spiro atoms. The van der Waals surface area contributed by atoms with Gasteiger partial charge in [0.25, 0.3) is 0 Å². The molecule has 0 fully saturated rings. The minimum atomic E-state index is -4.14. The number of alkyl halides is 3. The second-order valence-electron chi connectivity index (χ2n) is 2.67. The van der Waals surface area contributed by atoms with Crippen molar-refractivity contribution in [3.63, 3.8) is 0 Å². The number of hydrogen-bond acceptors (Lipinski definition) is 1. The minimum absolute atomic E-state index is 0.310. The molecule has 0 aliphatic heterocycles. The van der Waals surface area contributed by atoms with Crippen molar-refractivity contribution >= 4 is 0 Å². The van der Waals surface area contributed by atoms with E-state index in [0.717, 1.165) is 14.0 Å². The Balaban J connectivity index is 0. The summed E-state index contributed by atoms with van der Waals surface area (Å²) in [7, 11) is 1.00. The van der Waals surface area contributed by atoms with Crippen LogP contribution in [0.25, 0.3) is 0 Å². The van der Waals surface area contributed by atoms with E-state index in [1.54, 1.807) is 18.2 Å². The van der Waals surface area contributed by atoms with E-state index in [1.807, 2.05) is 0 Å². The van der Waals surface area contributed by atoms with E-state index in [2.05, 4.69) is 12.8 Å².